The molecule has 0 aromatic heterocycles. The van der Waals surface area contributed by atoms with Crippen molar-refractivity contribution in [1.29, 1.82) is 0 Å². The molecule has 2 saturated heterocycles. The lowest BCUT2D eigenvalue weighted by Crippen LogP contribution is -2.61. The third kappa shape index (κ3) is 10.5. The molecule has 0 aromatic rings. The number of nitrogens with one attached hydrogen (secondary N) is 4. The zero-order chi connectivity index (χ0) is 37.5. The van der Waals surface area contributed by atoms with Crippen molar-refractivity contribution in [3.63, 3.8) is 0 Å². The number of urea groups is 1. The van der Waals surface area contributed by atoms with E-state index in [4.69, 9.17) is 0 Å². The van der Waals surface area contributed by atoms with E-state index in [-0.39, 0.29) is 48.4 Å². The molecule has 13 nitrogen and oxygen atoms in total. The van der Waals surface area contributed by atoms with E-state index in [9.17, 15) is 32.4 Å². The molecule has 4 fully saturated rings. The van der Waals surface area contributed by atoms with Crippen molar-refractivity contribution < 1.29 is 32.4 Å². The van der Waals surface area contributed by atoms with Gasteiger partial charge in [0.1, 0.15) is 12.1 Å². The Morgan fingerprint density at radius 3 is 2.12 bits per heavy atom. The van der Waals surface area contributed by atoms with Gasteiger partial charge in [-0.25, -0.2) is 13.2 Å². The zero-order valence-corrected chi connectivity index (χ0v) is 32.2. The fraction of sp³-hybridized carbons (Fsp3) is 0.811. The Morgan fingerprint density at radius 2 is 1.57 bits per heavy atom. The lowest BCUT2D eigenvalue weighted by Gasteiger charge is -2.38. The highest BCUT2D eigenvalue weighted by Crippen LogP contribution is 2.35. The molecule has 2 aliphatic heterocycles. The van der Waals surface area contributed by atoms with E-state index in [1.165, 1.54) is 10.4 Å². The van der Waals surface area contributed by atoms with Crippen LogP contribution in [0.2, 0.25) is 0 Å². The van der Waals surface area contributed by atoms with Gasteiger partial charge in [-0.3, -0.25) is 19.2 Å². The summed E-state index contributed by atoms with van der Waals surface area (Å²) < 4.78 is 26.7. The van der Waals surface area contributed by atoms with Gasteiger partial charge in [0.15, 0.2) is 0 Å². The second-order valence-corrected chi connectivity index (χ2v) is 18.7. The van der Waals surface area contributed by atoms with Crippen LogP contribution >= 0.6 is 0 Å². The SMILES string of the molecule is C=CCNC(=O)C(=O)C(CC1CCC1)NC(=O)[C@@H]1[C@@H](C(C)C)CCN1C(=O)[C@@H](NC(=O)N[C@H](CN1CCCS1(=O)=O)C(C)(C)C)C1CCCCC1. The van der Waals surface area contributed by atoms with Crippen LogP contribution in [-0.2, 0) is 29.2 Å². The number of amides is 5. The first-order valence-corrected chi connectivity index (χ1v) is 20.7. The van der Waals surface area contributed by atoms with E-state index in [1.54, 1.807) is 4.90 Å². The number of sulfonamides is 1. The Morgan fingerprint density at radius 1 is 0.882 bits per heavy atom. The first-order chi connectivity index (χ1) is 24.0. The first-order valence-electron chi connectivity index (χ1n) is 19.1. The van der Waals surface area contributed by atoms with Crippen LogP contribution in [0.1, 0.15) is 105 Å². The lowest BCUT2D eigenvalue weighted by atomic mass is 9.80. The van der Waals surface area contributed by atoms with E-state index in [0.717, 1.165) is 51.4 Å². The van der Waals surface area contributed by atoms with E-state index in [1.807, 2.05) is 34.6 Å². The Bertz CT molecular complexity index is 1390. The van der Waals surface area contributed by atoms with Crippen LogP contribution in [0.15, 0.2) is 12.7 Å². The molecule has 2 aliphatic carbocycles. The number of carbonyl (C=O) groups is 5. The number of hydrogen-bond donors (Lipinski definition) is 4. The molecule has 0 bridgehead atoms. The van der Waals surface area contributed by atoms with Gasteiger partial charge in [-0.15, -0.1) is 6.58 Å². The van der Waals surface area contributed by atoms with Crippen LogP contribution in [0, 0.1) is 29.1 Å². The van der Waals surface area contributed by atoms with Gasteiger partial charge in [-0.2, -0.15) is 4.31 Å². The predicted octanol–water partition coefficient (Wildman–Crippen LogP) is 3.10. The molecule has 4 rings (SSSR count). The third-order valence-corrected chi connectivity index (χ3v) is 13.4. The fourth-order valence-corrected chi connectivity index (χ4v) is 9.60. The summed E-state index contributed by atoms with van der Waals surface area (Å²) in [4.78, 5) is 70.3. The maximum atomic E-state index is 14.7. The molecular formula is C37H62N6O7S. The predicted molar refractivity (Wildman–Crippen MR) is 196 cm³/mol. The number of carbonyl (C=O) groups excluding carboxylic acids is 5. The molecule has 1 unspecified atom stereocenters. The average molecular weight is 735 g/mol. The number of hydrogen-bond acceptors (Lipinski definition) is 7. The van der Waals surface area contributed by atoms with Crippen LogP contribution in [0.5, 0.6) is 0 Å². The Balaban J connectivity index is 1.56. The zero-order valence-electron chi connectivity index (χ0n) is 31.4. The Kier molecular flexibility index (Phi) is 14.1. The minimum absolute atomic E-state index is 0.0500. The van der Waals surface area contributed by atoms with Gasteiger partial charge in [0.2, 0.25) is 27.6 Å². The number of rotatable bonds is 15. The van der Waals surface area contributed by atoms with Gasteiger partial charge < -0.3 is 26.2 Å². The molecule has 288 valence electrons. The van der Waals surface area contributed by atoms with Crippen LogP contribution < -0.4 is 21.3 Å². The molecule has 51 heavy (non-hydrogen) atoms. The highest BCUT2D eigenvalue weighted by atomic mass is 32.2. The number of likely N-dealkylation sites (tertiary alicyclic amines) is 1. The van der Waals surface area contributed by atoms with Crippen molar-refractivity contribution in [2.75, 3.05) is 31.9 Å². The largest absolute Gasteiger partial charge is 0.346 e. The number of nitrogens with zero attached hydrogens (tertiary/aromatic N) is 2. The maximum Gasteiger partial charge on any atom is 0.315 e. The standard InChI is InChI=1S/C37H62N6O7S/c1-7-18-38-34(46)32(44)28(22-25-13-11-14-25)39-33(45)31-27(24(2)3)17-20-43(31)35(47)30(26-15-9-8-10-16-26)41-36(48)40-29(37(4,5)6)23-42-19-12-21-51(42,49)50/h7,24-31H,1,8-23H2,2-6H3,(H,38,46)(H,39,45)(H2,40,41,48)/t27-,28?,29-,30+,31+/m1/s1. The fourth-order valence-electron chi connectivity index (χ4n) is 8.06. The summed E-state index contributed by atoms with van der Waals surface area (Å²) in [6, 6.07) is -3.83. The van der Waals surface area contributed by atoms with Crippen molar-refractivity contribution in [2.45, 2.75) is 129 Å². The van der Waals surface area contributed by atoms with Crippen molar-refractivity contribution in [2.24, 2.45) is 29.1 Å². The smallest absolute Gasteiger partial charge is 0.315 e. The maximum absolute atomic E-state index is 14.7. The van der Waals surface area contributed by atoms with Gasteiger partial charge in [0.05, 0.1) is 11.8 Å². The second-order valence-electron chi connectivity index (χ2n) is 16.6. The van der Waals surface area contributed by atoms with Crippen LogP contribution in [0.3, 0.4) is 0 Å². The summed E-state index contributed by atoms with van der Waals surface area (Å²) in [5.74, 6) is -2.22. The summed E-state index contributed by atoms with van der Waals surface area (Å²) in [7, 11) is -3.38. The molecule has 2 heterocycles. The topological polar surface area (TPSA) is 174 Å². The molecule has 4 aliphatic rings. The highest BCUT2D eigenvalue weighted by Gasteiger charge is 2.47. The van der Waals surface area contributed by atoms with Crippen LogP contribution in [-0.4, -0.2) is 103 Å². The highest BCUT2D eigenvalue weighted by molar-refractivity contribution is 7.89. The molecule has 2 saturated carbocycles. The number of ketones is 1. The van der Waals surface area contributed by atoms with Gasteiger partial charge >= 0.3 is 6.03 Å². The van der Waals surface area contributed by atoms with Gasteiger partial charge in [-0.1, -0.05) is 79.2 Å². The monoisotopic (exact) mass is 734 g/mol. The lowest BCUT2D eigenvalue weighted by molar-refractivity contribution is -0.144. The minimum Gasteiger partial charge on any atom is -0.346 e. The van der Waals surface area contributed by atoms with E-state index in [2.05, 4.69) is 27.8 Å². The van der Waals surface area contributed by atoms with Gasteiger partial charge in [0, 0.05) is 32.2 Å². The number of Topliss-reactive ketones (excluding diaryl/α,β-unsaturated/α-hetero) is 1. The normalized spacial score (nSPS) is 24.6. The van der Waals surface area contributed by atoms with E-state index >= 15 is 0 Å². The Hall–Kier alpha value is -3.00. The summed E-state index contributed by atoms with van der Waals surface area (Å²) in [6.07, 6.45) is 10.3. The average Bonchev–Trinajstić information content (AvgIpc) is 3.65. The second kappa shape index (κ2) is 17.7. The third-order valence-electron chi connectivity index (χ3n) is 11.5. The molecule has 5 atom stereocenters. The molecule has 4 N–H and O–H groups in total. The van der Waals surface area contributed by atoms with E-state index < -0.39 is 63.2 Å². The van der Waals surface area contributed by atoms with Crippen LogP contribution in [0.4, 0.5) is 4.79 Å². The molecule has 5 amide bonds. The molecule has 0 spiro atoms. The van der Waals surface area contributed by atoms with Crippen molar-refractivity contribution >= 4 is 39.6 Å². The quantitative estimate of drug-likeness (QED) is 0.148. The van der Waals surface area contributed by atoms with Gasteiger partial charge in [-0.05, 0) is 61.2 Å². The Labute approximate surface area is 304 Å². The molecule has 14 heteroatoms. The van der Waals surface area contributed by atoms with Gasteiger partial charge in [0.25, 0.3) is 5.91 Å². The minimum atomic E-state index is -3.38. The molecule has 0 aromatic carbocycles. The van der Waals surface area contributed by atoms with Crippen molar-refractivity contribution in [3.05, 3.63) is 12.7 Å². The summed E-state index contributed by atoms with van der Waals surface area (Å²) in [5.41, 5.74) is -0.474. The molecular weight excluding hydrogens is 673 g/mol. The van der Waals surface area contributed by atoms with E-state index in [0.29, 0.717) is 32.4 Å². The first kappa shape index (κ1) is 40.8. The summed E-state index contributed by atoms with van der Waals surface area (Å²) in [6.45, 7) is 14.4. The molecule has 0 radical (unpaired) electrons. The summed E-state index contributed by atoms with van der Waals surface area (Å²) in [5, 5.41) is 11.4. The van der Waals surface area contributed by atoms with Crippen LogP contribution in [0.25, 0.3) is 0 Å². The summed E-state index contributed by atoms with van der Waals surface area (Å²) >= 11 is 0. The van der Waals surface area contributed by atoms with Crippen molar-refractivity contribution in [3.8, 4) is 0 Å². The van der Waals surface area contributed by atoms with Crippen molar-refractivity contribution in [1.82, 2.24) is 30.5 Å².